The number of halogens is 2. The van der Waals surface area contributed by atoms with Gasteiger partial charge in [-0.2, -0.15) is 11.8 Å². The highest BCUT2D eigenvalue weighted by Crippen LogP contribution is 2.29. The summed E-state index contributed by atoms with van der Waals surface area (Å²) in [6.45, 7) is 0.240. The highest BCUT2D eigenvalue weighted by atomic mass is 35.5. The number of carbonyl (C=O) groups excluding carboxylic acids is 1. The molecule has 0 unspecified atom stereocenters. The lowest BCUT2D eigenvalue weighted by Gasteiger charge is -2.23. The molecule has 0 radical (unpaired) electrons. The van der Waals surface area contributed by atoms with Crippen LogP contribution in [0.1, 0.15) is 32.1 Å². The highest BCUT2D eigenvalue weighted by Gasteiger charge is 2.21. The Hall–Kier alpha value is -0.630. The number of rotatable bonds is 8. The van der Waals surface area contributed by atoms with Crippen LogP contribution in [0.25, 0.3) is 0 Å². The van der Waals surface area contributed by atoms with E-state index >= 15 is 0 Å². The first kappa shape index (κ1) is 21.7. The summed E-state index contributed by atoms with van der Waals surface area (Å²) in [4.78, 5) is 12.2. The third-order valence-corrected chi connectivity index (χ3v) is 7.47. The van der Waals surface area contributed by atoms with Crippen molar-refractivity contribution in [3.05, 3.63) is 28.2 Å². The number of sulfonamides is 1. The first-order valence-electron chi connectivity index (χ1n) is 8.58. The monoisotopic (exact) mass is 438 g/mol. The number of nitrogens with zero attached hydrogens (tertiary/aromatic N) is 1. The fourth-order valence-corrected chi connectivity index (χ4v) is 5.23. The first-order chi connectivity index (χ1) is 12.3. The Morgan fingerprint density at radius 3 is 2.54 bits per heavy atom. The standard InChI is InChI=1S/C17H24Cl2N2O3S2/c1-26(23,24)21(13-7-8-15(18)16(19)11-13)12-17(22)20-9-10-25-14-5-3-2-4-6-14/h7-8,11,14H,2-6,9-10,12H2,1H3,(H,20,22). The second-order valence-electron chi connectivity index (χ2n) is 6.35. The van der Waals surface area contributed by atoms with E-state index in [4.69, 9.17) is 23.2 Å². The molecule has 0 heterocycles. The lowest BCUT2D eigenvalue weighted by Crippen LogP contribution is -2.41. The van der Waals surface area contributed by atoms with Crippen LogP contribution in [0.2, 0.25) is 10.0 Å². The molecule has 1 aliphatic carbocycles. The van der Waals surface area contributed by atoms with Crippen molar-refractivity contribution >= 4 is 56.6 Å². The fourth-order valence-electron chi connectivity index (χ4n) is 2.87. The summed E-state index contributed by atoms with van der Waals surface area (Å²) in [6, 6.07) is 4.48. The maximum atomic E-state index is 12.2. The van der Waals surface area contributed by atoms with Gasteiger partial charge in [-0.05, 0) is 31.0 Å². The summed E-state index contributed by atoms with van der Waals surface area (Å²) in [5.41, 5.74) is 0.314. The molecule has 0 spiro atoms. The van der Waals surface area contributed by atoms with Crippen molar-refractivity contribution in [3.63, 3.8) is 0 Å². The van der Waals surface area contributed by atoms with E-state index in [-0.39, 0.29) is 17.5 Å². The number of amides is 1. The lowest BCUT2D eigenvalue weighted by atomic mass is 10.0. The Balaban J connectivity index is 1.87. The molecular weight excluding hydrogens is 415 g/mol. The summed E-state index contributed by atoms with van der Waals surface area (Å²) in [5, 5.41) is 4.05. The molecule has 0 bridgehead atoms. The largest absolute Gasteiger partial charge is 0.354 e. The third kappa shape index (κ3) is 6.83. The van der Waals surface area contributed by atoms with Crippen molar-refractivity contribution in [2.45, 2.75) is 37.4 Å². The molecule has 1 N–H and O–H groups in total. The predicted octanol–water partition coefficient (Wildman–Crippen LogP) is 3.94. The molecule has 0 atom stereocenters. The first-order valence-corrected chi connectivity index (χ1v) is 12.2. The van der Waals surface area contributed by atoms with Gasteiger partial charge < -0.3 is 5.32 Å². The van der Waals surface area contributed by atoms with Crippen LogP contribution in [0.5, 0.6) is 0 Å². The average molecular weight is 439 g/mol. The quantitative estimate of drug-likeness (QED) is 0.623. The van der Waals surface area contributed by atoms with E-state index in [0.717, 1.165) is 16.3 Å². The zero-order valence-corrected chi connectivity index (χ0v) is 17.9. The SMILES string of the molecule is CS(=O)(=O)N(CC(=O)NCCSC1CCCCC1)c1ccc(Cl)c(Cl)c1. The summed E-state index contributed by atoms with van der Waals surface area (Å²) in [6.07, 6.45) is 7.45. The highest BCUT2D eigenvalue weighted by molar-refractivity contribution is 7.99. The van der Waals surface area contributed by atoms with Crippen LogP contribution in [-0.4, -0.2) is 44.7 Å². The zero-order valence-electron chi connectivity index (χ0n) is 14.7. The van der Waals surface area contributed by atoms with Crippen LogP contribution < -0.4 is 9.62 Å². The Morgan fingerprint density at radius 2 is 1.92 bits per heavy atom. The molecule has 1 fully saturated rings. The molecule has 1 aliphatic rings. The van der Waals surface area contributed by atoms with E-state index in [2.05, 4.69) is 5.32 Å². The minimum atomic E-state index is -3.62. The van der Waals surface area contributed by atoms with Crippen molar-refractivity contribution in [1.29, 1.82) is 0 Å². The minimum Gasteiger partial charge on any atom is -0.354 e. The lowest BCUT2D eigenvalue weighted by molar-refractivity contribution is -0.119. The Kier molecular flexibility index (Phi) is 8.39. The van der Waals surface area contributed by atoms with E-state index in [0.29, 0.717) is 22.5 Å². The van der Waals surface area contributed by atoms with Crippen molar-refractivity contribution in [3.8, 4) is 0 Å². The van der Waals surface area contributed by atoms with Crippen molar-refractivity contribution in [2.24, 2.45) is 0 Å². The van der Waals surface area contributed by atoms with E-state index in [1.54, 1.807) is 0 Å². The second-order valence-corrected chi connectivity index (χ2v) is 10.5. The molecule has 5 nitrogen and oxygen atoms in total. The molecule has 146 valence electrons. The van der Waals surface area contributed by atoms with Gasteiger partial charge >= 0.3 is 0 Å². The number of benzene rings is 1. The second kappa shape index (κ2) is 10.1. The topological polar surface area (TPSA) is 66.5 Å². The van der Waals surface area contributed by atoms with Gasteiger partial charge in [0.15, 0.2) is 0 Å². The molecule has 0 aliphatic heterocycles. The maximum absolute atomic E-state index is 12.2. The smallest absolute Gasteiger partial charge is 0.240 e. The van der Waals surface area contributed by atoms with E-state index in [9.17, 15) is 13.2 Å². The summed E-state index contributed by atoms with van der Waals surface area (Å²) in [7, 11) is -3.62. The molecule has 1 aromatic carbocycles. The molecular formula is C17H24Cl2N2O3S2. The Bertz CT molecular complexity index is 723. The number of hydrogen-bond donors (Lipinski definition) is 1. The van der Waals surface area contributed by atoms with E-state index < -0.39 is 10.0 Å². The maximum Gasteiger partial charge on any atom is 0.240 e. The molecule has 1 amide bonds. The molecule has 1 saturated carbocycles. The van der Waals surface area contributed by atoms with Crippen LogP contribution in [0.3, 0.4) is 0 Å². The van der Waals surface area contributed by atoms with Gasteiger partial charge in [-0.25, -0.2) is 8.42 Å². The third-order valence-electron chi connectivity index (χ3n) is 4.21. The van der Waals surface area contributed by atoms with Crippen LogP contribution >= 0.6 is 35.0 Å². The number of anilines is 1. The van der Waals surface area contributed by atoms with Crippen LogP contribution in [0, 0.1) is 0 Å². The minimum absolute atomic E-state index is 0.238. The van der Waals surface area contributed by atoms with Gasteiger partial charge in [0.05, 0.1) is 22.0 Å². The molecule has 0 saturated heterocycles. The molecule has 9 heteroatoms. The Morgan fingerprint density at radius 1 is 1.23 bits per heavy atom. The van der Waals surface area contributed by atoms with Gasteiger partial charge in [-0.1, -0.05) is 42.5 Å². The van der Waals surface area contributed by atoms with Crippen LogP contribution in [0.15, 0.2) is 18.2 Å². The predicted molar refractivity (Wildman–Crippen MR) is 111 cm³/mol. The molecule has 2 rings (SSSR count). The normalized spacial score (nSPS) is 15.7. The number of nitrogens with one attached hydrogen (secondary N) is 1. The van der Waals surface area contributed by atoms with Crippen molar-refractivity contribution in [1.82, 2.24) is 5.32 Å². The van der Waals surface area contributed by atoms with Crippen LogP contribution in [0.4, 0.5) is 5.69 Å². The van der Waals surface area contributed by atoms with E-state index in [1.807, 2.05) is 11.8 Å². The number of carbonyl (C=O) groups is 1. The zero-order chi connectivity index (χ0) is 19.2. The molecule has 0 aromatic heterocycles. The molecule has 1 aromatic rings. The molecule has 26 heavy (non-hydrogen) atoms. The number of hydrogen-bond acceptors (Lipinski definition) is 4. The van der Waals surface area contributed by atoms with Crippen molar-refractivity contribution in [2.75, 3.05) is 29.4 Å². The van der Waals surface area contributed by atoms with Gasteiger partial charge in [0.2, 0.25) is 15.9 Å². The summed E-state index contributed by atoms with van der Waals surface area (Å²) < 4.78 is 25.2. The number of thioether (sulfide) groups is 1. The van der Waals surface area contributed by atoms with Gasteiger partial charge in [0.1, 0.15) is 6.54 Å². The van der Waals surface area contributed by atoms with E-state index in [1.165, 1.54) is 50.3 Å². The Labute approximate surface area is 169 Å². The van der Waals surface area contributed by atoms with Crippen LogP contribution in [-0.2, 0) is 14.8 Å². The fraction of sp³-hybridized carbons (Fsp3) is 0.588. The summed E-state index contributed by atoms with van der Waals surface area (Å²) in [5.74, 6) is 0.493. The van der Waals surface area contributed by atoms with Gasteiger partial charge in [-0.15, -0.1) is 0 Å². The van der Waals surface area contributed by atoms with Gasteiger partial charge in [-0.3, -0.25) is 9.10 Å². The summed E-state index contributed by atoms with van der Waals surface area (Å²) >= 11 is 13.7. The van der Waals surface area contributed by atoms with Gasteiger partial charge in [0, 0.05) is 17.5 Å². The van der Waals surface area contributed by atoms with Gasteiger partial charge in [0.25, 0.3) is 0 Å². The van der Waals surface area contributed by atoms with Crippen molar-refractivity contribution < 1.29 is 13.2 Å². The average Bonchev–Trinajstić information content (AvgIpc) is 2.59.